The second-order valence-corrected chi connectivity index (χ2v) is 9.14. The lowest BCUT2D eigenvalue weighted by Gasteiger charge is -2.31. The Morgan fingerprint density at radius 3 is 2.23 bits per heavy atom. The van der Waals surface area contributed by atoms with Crippen LogP contribution in [0.3, 0.4) is 0 Å². The van der Waals surface area contributed by atoms with E-state index >= 15 is 0 Å². The van der Waals surface area contributed by atoms with Gasteiger partial charge in [-0.25, -0.2) is 5.01 Å². The molecule has 0 saturated carbocycles. The number of rotatable bonds is 8. The van der Waals surface area contributed by atoms with E-state index in [0.29, 0.717) is 41.9 Å². The second kappa shape index (κ2) is 11.0. The minimum atomic E-state index is -0.321. The summed E-state index contributed by atoms with van der Waals surface area (Å²) in [7, 11) is 6.51. The molecule has 8 nitrogen and oxygen atoms in total. The van der Waals surface area contributed by atoms with Crippen molar-refractivity contribution in [3.05, 3.63) is 47.5 Å². The average Bonchev–Trinajstić information content (AvgIpc) is 3.34. The Labute approximate surface area is 207 Å². The number of hydrazone groups is 1. The molecule has 8 heteroatoms. The van der Waals surface area contributed by atoms with E-state index < -0.39 is 0 Å². The Morgan fingerprint density at radius 1 is 0.914 bits per heavy atom. The maximum atomic E-state index is 13.6. The average molecular weight is 482 g/mol. The number of benzene rings is 2. The number of hydrogen-bond donors (Lipinski definition) is 0. The van der Waals surface area contributed by atoms with Crippen LogP contribution in [0.1, 0.15) is 43.4 Å². The van der Waals surface area contributed by atoms with Crippen LogP contribution in [0.5, 0.6) is 23.0 Å². The molecule has 0 aliphatic carbocycles. The summed E-state index contributed by atoms with van der Waals surface area (Å²) in [5.74, 6) is 3.42. The SMILES string of the molecule is COc1ccc(C2=NN(C(=O)CN3CCC(C)CC3)[C@@H](c3cc(OC)ccc3OC)C2)c(OC)c1. The molecule has 1 amide bonds. The van der Waals surface area contributed by atoms with E-state index in [1.165, 1.54) is 0 Å². The fourth-order valence-corrected chi connectivity index (χ4v) is 4.77. The Balaban J connectivity index is 1.70. The number of carbonyl (C=O) groups is 1. The van der Waals surface area contributed by atoms with Crippen molar-refractivity contribution in [1.82, 2.24) is 9.91 Å². The Kier molecular flexibility index (Phi) is 7.80. The van der Waals surface area contributed by atoms with Gasteiger partial charge in [0.1, 0.15) is 23.0 Å². The van der Waals surface area contributed by atoms with Crippen molar-refractivity contribution < 1.29 is 23.7 Å². The molecule has 0 bridgehead atoms. The molecule has 0 unspecified atom stereocenters. The number of piperidine rings is 1. The van der Waals surface area contributed by atoms with E-state index in [2.05, 4.69) is 11.8 Å². The molecular weight excluding hydrogens is 446 g/mol. The molecule has 1 fully saturated rings. The van der Waals surface area contributed by atoms with Crippen molar-refractivity contribution in [1.29, 1.82) is 0 Å². The minimum Gasteiger partial charge on any atom is -0.497 e. The smallest absolute Gasteiger partial charge is 0.257 e. The molecule has 0 spiro atoms. The monoisotopic (exact) mass is 481 g/mol. The number of hydrogen-bond acceptors (Lipinski definition) is 7. The third-order valence-electron chi connectivity index (χ3n) is 6.92. The lowest BCUT2D eigenvalue weighted by Crippen LogP contribution is -2.41. The highest BCUT2D eigenvalue weighted by molar-refractivity contribution is 6.05. The standard InChI is InChI=1S/C27H35N3O5/c1-18-10-12-29(13-11-18)17-27(31)30-24(22-14-19(32-2)7-9-25(22)34-4)16-23(28-30)21-8-6-20(33-3)15-26(21)35-5/h6-9,14-15,18,24H,10-13,16-17H2,1-5H3/t24-/m1/s1. The van der Waals surface area contributed by atoms with E-state index in [0.717, 1.165) is 42.8 Å². The quantitative estimate of drug-likeness (QED) is 0.565. The molecule has 2 aromatic carbocycles. The summed E-state index contributed by atoms with van der Waals surface area (Å²) in [5, 5.41) is 6.47. The lowest BCUT2D eigenvalue weighted by molar-refractivity contribution is -0.134. The summed E-state index contributed by atoms with van der Waals surface area (Å²) in [6.07, 6.45) is 2.74. The Bertz CT molecular complexity index is 1080. The molecule has 1 saturated heterocycles. The third-order valence-corrected chi connectivity index (χ3v) is 6.92. The van der Waals surface area contributed by atoms with Gasteiger partial charge in [-0.1, -0.05) is 6.92 Å². The molecule has 0 N–H and O–H groups in total. The van der Waals surface area contributed by atoms with Gasteiger partial charge in [-0.05, 0) is 62.2 Å². The van der Waals surface area contributed by atoms with Crippen LogP contribution in [0.4, 0.5) is 0 Å². The largest absolute Gasteiger partial charge is 0.497 e. The molecular formula is C27H35N3O5. The molecule has 1 atom stereocenters. The Hall–Kier alpha value is -3.26. The van der Waals surface area contributed by atoms with Gasteiger partial charge < -0.3 is 18.9 Å². The molecule has 0 aromatic heterocycles. The van der Waals surface area contributed by atoms with Gasteiger partial charge in [0.25, 0.3) is 5.91 Å². The van der Waals surface area contributed by atoms with Crippen LogP contribution in [0.2, 0.25) is 0 Å². The first-order valence-corrected chi connectivity index (χ1v) is 12.0. The number of methoxy groups -OCH3 is 4. The number of nitrogens with zero attached hydrogens (tertiary/aromatic N) is 3. The summed E-state index contributed by atoms with van der Waals surface area (Å²) < 4.78 is 22.1. The highest BCUT2D eigenvalue weighted by Gasteiger charge is 2.36. The van der Waals surface area contributed by atoms with Gasteiger partial charge in [-0.2, -0.15) is 5.10 Å². The normalized spacial score (nSPS) is 18.8. The number of ether oxygens (including phenoxy) is 4. The van der Waals surface area contributed by atoms with Crippen LogP contribution in [0.15, 0.2) is 41.5 Å². The highest BCUT2D eigenvalue weighted by atomic mass is 16.5. The summed E-state index contributed by atoms with van der Waals surface area (Å²) in [4.78, 5) is 15.8. The van der Waals surface area contributed by atoms with Gasteiger partial charge in [0.15, 0.2) is 0 Å². The maximum Gasteiger partial charge on any atom is 0.257 e. The van der Waals surface area contributed by atoms with Crippen LogP contribution < -0.4 is 18.9 Å². The van der Waals surface area contributed by atoms with Gasteiger partial charge >= 0.3 is 0 Å². The maximum absolute atomic E-state index is 13.6. The highest BCUT2D eigenvalue weighted by Crippen LogP contribution is 2.41. The molecule has 35 heavy (non-hydrogen) atoms. The number of likely N-dealkylation sites (tertiary alicyclic amines) is 1. The summed E-state index contributed by atoms with van der Waals surface area (Å²) >= 11 is 0. The van der Waals surface area contributed by atoms with Crippen LogP contribution in [-0.4, -0.2) is 69.6 Å². The molecule has 2 aliphatic rings. The molecule has 4 rings (SSSR count). The van der Waals surface area contributed by atoms with Gasteiger partial charge in [0, 0.05) is 23.6 Å². The van der Waals surface area contributed by atoms with Crippen LogP contribution in [0.25, 0.3) is 0 Å². The first kappa shape index (κ1) is 24.9. The van der Waals surface area contributed by atoms with Gasteiger partial charge in [-0.3, -0.25) is 9.69 Å². The van der Waals surface area contributed by atoms with Crippen molar-refractivity contribution in [2.75, 3.05) is 48.1 Å². The topological polar surface area (TPSA) is 72.8 Å². The first-order valence-electron chi connectivity index (χ1n) is 12.0. The predicted octanol–water partition coefficient (Wildman–Crippen LogP) is 4.13. The van der Waals surface area contributed by atoms with E-state index in [1.807, 2.05) is 36.4 Å². The van der Waals surface area contributed by atoms with Gasteiger partial charge in [0.05, 0.1) is 46.7 Å². The van der Waals surface area contributed by atoms with Crippen LogP contribution >= 0.6 is 0 Å². The fraction of sp³-hybridized carbons (Fsp3) is 0.481. The molecule has 2 heterocycles. The van der Waals surface area contributed by atoms with E-state index in [1.54, 1.807) is 33.4 Å². The number of carbonyl (C=O) groups excluding carboxylic acids is 1. The molecule has 2 aromatic rings. The zero-order valence-corrected chi connectivity index (χ0v) is 21.2. The lowest BCUT2D eigenvalue weighted by atomic mass is 9.96. The third kappa shape index (κ3) is 5.37. The van der Waals surface area contributed by atoms with E-state index in [9.17, 15) is 4.79 Å². The van der Waals surface area contributed by atoms with Crippen molar-refractivity contribution in [3.63, 3.8) is 0 Å². The predicted molar refractivity (Wildman–Crippen MR) is 135 cm³/mol. The zero-order valence-electron chi connectivity index (χ0n) is 21.2. The summed E-state index contributed by atoms with van der Waals surface area (Å²) in [6, 6.07) is 11.0. The van der Waals surface area contributed by atoms with Gasteiger partial charge in [-0.15, -0.1) is 0 Å². The van der Waals surface area contributed by atoms with E-state index in [-0.39, 0.29) is 11.9 Å². The summed E-state index contributed by atoms with van der Waals surface area (Å²) in [6.45, 7) is 4.46. The van der Waals surface area contributed by atoms with Crippen molar-refractivity contribution in [3.8, 4) is 23.0 Å². The first-order chi connectivity index (χ1) is 17.0. The van der Waals surface area contributed by atoms with Crippen molar-refractivity contribution in [2.45, 2.75) is 32.2 Å². The van der Waals surface area contributed by atoms with Crippen molar-refractivity contribution in [2.24, 2.45) is 11.0 Å². The molecule has 188 valence electrons. The Morgan fingerprint density at radius 2 is 1.57 bits per heavy atom. The molecule has 2 aliphatic heterocycles. The second-order valence-electron chi connectivity index (χ2n) is 9.14. The zero-order chi connectivity index (χ0) is 24.9. The van der Waals surface area contributed by atoms with Crippen molar-refractivity contribution >= 4 is 11.6 Å². The fourth-order valence-electron chi connectivity index (χ4n) is 4.77. The van der Waals surface area contributed by atoms with E-state index in [4.69, 9.17) is 24.0 Å². The van der Waals surface area contributed by atoms with Gasteiger partial charge in [0.2, 0.25) is 0 Å². The molecule has 0 radical (unpaired) electrons. The minimum absolute atomic E-state index is 0.0306. The number of amides is 1. The van der Waals surface area contributed by atoms with Crippen LogP contribution in [0, 0.1) is 5.92 Å². The summed E-state index contributed by atoms with van der Waals surface area (Å²) in [5.41, 5.74) is 2.47. The van der Waals surface area contributed by atoms with Crippen LogP contribution in [-0.2, 0) is 4.79 Å².